The van der Waals surface area contributed by atoms with Gasteiger partial charge in [0.05, 0.1) is 17.5 Å². The van der Waals surface area contributed by atoms with Crippen molar-refractivity contribution in [1.82, 2.24) is 19.4 Å². The van der Waals surface area contributed by atoms with Gasteiger partial charge >= 0.3 is 0 Å². The summed E-state index contributed by atoms with van der Waals surface area (Å²) in [4.78, 5) is 29.1. The van der Waals surface area contributed by atoms with Crippen LogP contribution in [0.4, 0.5) is 0 Å². The SMILES string of the molecule is CCCCNC(=O)C1CCCN(CC(=O)N2CCN(S(=O)(=O)c3ccccc3Cl)CC2)C1. The number of rotatable bonds is 8. The standard InChI is InChI=1S/C22H33ClN4O4S/c1-2-3-10-24-22(29)18-7-6-11-25(16-18)17-21(28)26-12-14-27(15-13-26)32(30,31)20-9-5-4-8-19(20)23/h4-5,8-9,18H,2-3,6-7,10-17H2,1H3,(H,24,29). The van der Waals surface area contributed by atoms with E-state index in [2.05, 4.69) is 12.2 Å². The number of hydrogen-bond acceptors (Lipinski definition) is 5. The number of hydrogen-bond donors (Lipinski definition) is 1. The first-order valence-electron chi connectivity index (χ1n) is 11.4. The van der Waals surface area contributed by atoms with Crippen molar-refractivity contribution >= 4 is 33.4 Å². The molecule has 178 valence electrons. The summed E-state index contributed by atoms with van der Waals surface area (Å²) in [5.74, 6) is -0.0214. The molecule has 2 saturated heterocycles. The molecule has 1 unspecified atom stereocenters. The molecule has 2 amide bonds. The normalized spacial score (nSPS) is 20.8. The van der Waals surface area contributed by atoms with Crippen LogP contribution in [0.1, 0.15) is 32.6 Å². The van der Waals surface area contributed by atoms with Crippen molar-refractivity contribution in [2.45, 2.75) is 37.5 Å². The summed E-state index contributed by atoms with van der Waals surface area (Å²) < 4.78 is 27.2. The van der Waals surface area contributed by atoms with E-state index in [0.29, 0.717) is 26.2 Å². The van der Waals surface area contributed by atoms with Crippen LogP contribution >= 0.6 is 11.6 Å². The molecule has 1 aromatic rings. The molecule has 32 heavy (non-hydrogen) atoms. The summed E-state index contributed by atoms with van der Waals surface area (Å²) >= 11 is 6.08. The third-order valence-electron chi connectivity index (χ3n) is 6.11. The molecule has 8 nitrogen and oxygen atoms in total. The maximum Gasteiger partial charge on any atom is 0.244 e. The van der Waals surface area contributed by atoms with Crippen molar-refractivity contribution in [3.63, 3.8) is 0 Å². The van der Waals surface area contributed by atoms with Crippen LogP contribution in [-0.4, -0.2) is 86.7 Å². The van der Waals surface area contributed by atoms with Crippen LogP contribution in [0, 0.1) is 5.92 Å². The molecule has 0 saturated carbocycles. The van der Waals surface area contributed by atoms with E-state index in [1.54, 1.807) is 23.1 Å². The Morgan fingerprint density at radius 2 is 1.84 bits per heavy atom. The monoisotopic (exact) mass is 484 g/mol. The van der Waals surface area contributed by atoms with Crippen LogP contribution in [0.2, 0.25) is 5.02 Å². The molecule has 1 N–H and O–H groups in total. The smallest absolute Gasteiger partial charge is 0.244 e. The van der Waals surface area contributed by atoms with Gasteiger partial charge in [0.2, 0.25) is 21.8 Å². The van der Waals surface area contributed by atoms with Gasteiger partial charge in [0.25, 0.3) is 0 Å². The van der Waals surface area contributed by atoms with Crippen LogP contribution < -0.4 is 5.32 Å². The van der Waals surface area contributed by atoms with E-state index in [0.717, 1.165) is 32.2 Å². The van der Waals surface area contributed by atoms with Crippen LogP contribution in [0.5, 0.6) is 0 Å². The summed E-state index contributed by atoms with van der Waals surface area (Å²) in [6, 6.07) is 6.40. The fourth-order valence-corrected chi connectivity index (χ4v) is 6.12. The number of carbonyl (C=O) groups excluding carboxylic acids is 2. The van der Waals surface area contributed by atoms with E-state index in [9.17, 15) is 18.0 Å². The Bertz CT molecular complexity index is 903. The average molecular weight is 485 g/mol. The molecule has 2 aliphatic heterocycles. The average Bonchev–Trinajstić information content (AvgIpc) is 2.79. The van der Waals surface area contributed by atoms with E-state index in [1.165, 1.54) is 10.4 Å². The van der Waals surface area contributed by atoms with E-state index in [1.807, 2.05) is 4.90 Å². The van der Waals surface area contributed by atoms with Gasteiger partial charge in [0.1, 0.15) is 4.90 Å². The topological polar surface area (TPSA) is 90.0 Å². The molecule has 0 bridgehead atoms. The Balaban J connectivity index is 1.49. The first-order chi connectivity index (χ1) is 15.3. The summed E-state index contributed by atoms with van der Waals surface area (Å²) in [7, 11) is -3.69. The fraction of sp³-hybridized carbons (Fsp3) is 0.636. The Morgan fingerprint density at radius 3 is 2.53 bits per heavy atom. The van der Waals surface area contributed by atoms with Gasteiger partial charge in [-0.3, -0.25) is 14.5 Å². The van der Waals surface area contributed by atoms with Gasteiger partial charge in [-0.05, 0) is 37.9 Å². The molecule has 1 aromatic carbocycles. The lowest BCUT2D eigenvalue weighted by molar-refractivity contribution is -0.135. The highest BCUT2D eigenvalue weighted by Crippen LogP contribution is 2.25. The molecule has 2 aliphatic rings. The van der Waals surface area contributed by atoms with E-state index in [-0.39, 0.29) is 47.3 Å². The Morgan fingerprint density at radius 1 is 1.12 bits per heavy atom. The second-order valence-electron chi connectivity index (χ2n) is 8.43. The first-order valence-corrected chi connectivity index (χ1v) is 13.2. The fourth-order valence-electron chi connectivity index (χ4n) is 4.21. The number of nitrogens with zero attached hydrogens (tertiary/aromatic N) is 3. The van der Waals surface area contributed by atoms with Gasteiger partial charge in [-0.15, -0.1) is 0 Å². The zero-order valence-corrected chi connectivity index (χ0v) is 20.2. The summed E-state index contributed by atoms with van der Waals surface area (Å²) in [5.41, 5.74) is 0. The number of nitrogens with one attached hydrogen (secondary N) is 1. The van der Waals surface area contributed by atoms with Crippen molar-refractivity contribution in [2.75, 3.05) is 52.4 Å². The third-order valence-corrected chi connectivity index (χ3v) is 8.51. The van der Waals surface area contributed by atoms with Gasteiger partial charge in [-0.2, -0.15) is 4.31 Å². The number of unbranched alkanes of at least 4 members (excludes halogenated alkanes) is 1. The second kappa shape index (κ2) is 11.4. The molecule has 0 radical (unpaired) electrons. The highest BCUT2D eigenvalue weighted by atomic mass is 35.5. The predicted octanol–water partition coefficient (Wildman–Crippen LogP) is 1.80. The number of carbonyl (C=O) groups is 2. The van der Waals surface area contributed by atoms with Gasteiger partial charge < -0.3 is 10.2 Å². The summed E-state index contributed by atoms with van der Waals surface area (Å²) in [6.45, 7) is 5.60. The minimum Gasteiger partial charge on any atom is -0.356 e. The predicted molar refractivity (Wildman–Crippen MR) is 124 cm³/mol. The van der Waals surface area contributed by atoms with Crippen molar-refractivity contribution in [3.8, 4) is 0 Å². The van der Waals surface area contributed by atoms with Crippen molar-refractivity contribution in [3.05, 3.63) is 29.3 Å². The molecule has 1 atom stereocenters. The molecule has 0 aliphatic carbocycles. The van der Waals surface area contributed by atoms with E-state index < -0.39 is 10.0 Å². The number of halogens is 1. The molecule has 0 aromatic heterocycles. The molecule has 2 fully saturated rings. The maximum atomic E-state index is 12.9. The number of amides is 2. The Labute approximate surface area is 195 Å². The van der Waals surface area contributed by atoms with Gasteiger partial charge in [0, 0.05) is 39.3 Å². The number of piperazine rings is 1. The minimum absolute atomic E-state index is 0.0215. The molecule has 2 heterocycles. The Kier molecular flexibility index (Phi) is 8.93. The largest absolute Gasteiger partial charge is 0.356 e. The molecule has 10 heteroatoms. The van der Waals surface area contributed by atoms with Crippen molar-refractivity contribution in [1.29, 1.82) is 0 Å². The summed E-state index contributed by atoms with van der Waals surface area (Å²) in [6.07, 6.45) is 3.75. The quantitative estimate of drug-likeness (QED) is 0.568. The number of piperidine rings is 1. The van der Waals surface area contributed by atoms with Crippen LogP contribution in [0.25, 0.3) is 0 Å². The third kappa shape index (κ3) is 6.21. The molecular weight excluding hydrogens is 452 g/mol. The van der Waals surface area contributed by atoms with Gasteiger partial charge in [-0.25, -0.2) is 8.42 Å². The lowest BCUT2D eigenvalue weighted by Gasteiger charge is -2.36. The lowest BCUT2D eigenvalue weighted by atomic mass is 9.97. The van der Waals surface area contributed by atoms with Gasteiger partial charge in [-0.1, -0.05) is 37.1 Å². The van der Waals surface area contributed by atoms with Crippen molar-refractivity contribution in [2.24, 2.45) is 5.92 Å². The Hall–Kier alpha value is -1.68. The zero-order chi connectivity index (χ0) is 23.1. The lowest BCUT2D eigenvalue weighted by Crippen LogP contribution is -2.53. The van der Waals surface area contributed by atoms with Crippen molar-refractivity contribution < 1.29 is 18.0 Å². The second-order valence-corrected chi connectivity index (χ2v) is 10.7. The molecule has 3 rings (SSSR count). The number of benzene rings is 1. The maximum absolute atomic E-state index is 12.9. The number of sulfonamides is 1. The van der Waals surface area contributed by atoms with Crippen LogP contribution in [-0.2, 0) is 19.6 Å². The molecular formula is C22H33ClN4O4S. The van der Waals surface area contributed by atoms with E-state index >= 15 is 0 Å². The minimum atomic E-state index is -3.69. The zero-order valence-electron chi connectivity index (χ0n) is 18.6. The highest BCUT2D eigenvalue weighted by Gasteiger charge is 2.33. The first kappa shape index (κ1) is 25.0. The van der Waals surface area contributed by atoms with E-state index in [4.69, 9.17) is 11.6 Å². The number of likely N-dealkylation sites (tertiary alicyclic amines) is 1. The molecule has 0 spiro atoms. The summed E-state index contributed by atoms with van der Waals surface area (Å²) in [5, 5.41) is 3.19. The van der Waals surface area contributed by atoms with Crippen LogP contribution in [0.15, 0.2) is 29.2 Å². The van der Waals surface area contributed by atoms with Crippen LogP contribution in [0.3, 0.4) is 0 Å². The highest BCUT2D eigenvalue weighted by molar-refractivity contribution is 7.89. The van der Waals surface area contributed by atoms with Gasteiger partial charge in [0.15, 0.2) is 0 Å².